The summed E-state index contributed by atoms with van der Waals surface area (Å²) in [6.07, 6.45) is 1.10. The number of hydrogen-bond donors (Lipinski definition) is 1. The standard InChI is InChI=1S/C15H16F2N2/c1-11(13-6-8-18-9-7-13)19-10-12-2-4-14(5-3-12)15(16)17/h2-9,11,15,19H,10H2,1H3. The van der Waals surface area contributed by atoms with E-state index >= 15 is 0 Å². The molecule has 0 aliphatic rings. The lowest BCUT2D eigenvalue weighted by molar-refractivity contribution is 0.151. The molecule has 0 saturated heterocycles. The van der Waals surface area contributed by atoms with E-state index in [1.807, 2.05) is 12.1 Å². The van der Waals surface area contributed by atoms with Crippen molar-refractivity contribution in [3.63, 3.8) is 0 Å². The molecule has 19 heavy (non-hydrogen) atoms. The van der Waals surface area contributed by atoms with Crippen molar-refractivity contribution in [3.8, 4) is 0 Å². The second-order valence-corrected chi connectivity index (χ2v) is 4.43. The molecule has 0 spiro atoms. The number of aromatic nitrogens is 1. The average molecular weight is 262 g/mol. The van der Waals surface area contributed by atoms with Crippen molar-refractivity contribution in [2.45, 2.75) is 25.9 Å². The molecule has 100 valence electrons. The Balaban J connectivity index is 1.92. The number of rotatable bonds is 5. The van der Waals surface area contributed by atoms with Crippen LogP contribution in [0.5, 0.6) is 0 Å². The summed E-state index contributed by atoms with van der Waals surface area (Å²) in [5, 5.41) is 3.35. The van der Waals surface area contributed by atoms with Crippen molar-refractivity contribution in [1.82, 2.24) is 10.3 Å². The highest BCUT2D eigenvalue weighted by Gasteiger charge is 2.07. The minimum atomic E-state index is -2.40. The fraction of sp³-hybridized carbons (Fsp3) is 0.267. The van der Waals surface area contributed by atoms with Gasteiger partial charge in [-0.25, -0.2) is 8.78 Å². The topological polar surface area (TPSA) is 24.9 Å². The van der Waals surface area contributed by atoms with E-state index in [-0.39, 0.29) is 11.6 Å². The van der Waals surface area contributed by atoms with Gasteiger partial charge in [-0.05, 0) is 30.2 Å². The van der Waals surface area contributed by atoms with E-state index in [9.17, 15) is 8.78 Å². The minimum Gasteiger partial charge on any atom is -0.306 e. The zero-order valence-corrected chi connectivity index (χ0v) is 10.7. The molecule has 1 aromatic carbocycles. The second-order valence-electron chi connectivity index (χ2n) is 4.43. The molecule has 0 fully saturated rings. The van der Waals surface area contributed by atoms with Gasteiger partial charge in [0.25, 0.3) is 6.43 Å². The third-order valence-corrected chi connectivity index (χ3v) is 3.05. The first kappa shape index (κ1) is 13.6. The van der Waals surface area contributed by atoms with Crippen LogP contribution in [0.4, 0.5) is 8.78 Å². The largest absolute Gasteiger partial charge is 0.306 e. The summed E-state index contributed by atoms with van der Waals surface area (Å²) in [5.74, 6) is 0. The molecule has 0 aliphatic heterocycles. The molecule has 2 rings (SSSR count). The van der Waals surface area contributed by atoms with Gasteiger partial charge in [-0.1, -0.05) is 24.3 Å². The molecule has 4 heteroatoms. The molecule has 1 aromatic heterocycles. The van der Waals surface area contributed by atoms with E-state index in [1.165, 1.54) is 12.1 Å². The third kappa shape index (κ3) is 3.83. The molecule has 0 bridgehead atoms. The molecule has 1 heterocycles. The van der Waals surface area contributed by atoms with Gasteiger partial charge in [0.05, 0.1) is 0 Å². The lowest BCUT2D eigenvalue weighted by Gasteiger charge is -2.14. The third-order valence-electron chi connectivity index (χ3n) is 3.05. The van der Waals surface area contributed by atoms with Crippen LogP contribution in [0.15, 0.2) is 48.8 Å². The molecule has 2 aromatic rings. The normalized spacial score (nSPS) is 12.6. The molecular weight excluding hydrogens is 246 g/mol. The van der Waals surface area contributed by atoms with Gasteiger partial charge in [0.2, 0.25) is 0 Å². The van der Waals surface area contributed by atoms with Crippen molar-refractivity contribution in [1.29, 1.82) is 0 Å². The first-order valence-corrected chi connectivity index (χ1v) is 6.17. The quantitative estimate of drug-likeness (QED) is 0.884. The molecule has 0 amide bonds. The first-order valence-electron chi connectivity index (χ1n) is 6.17. The van der Waals surface area contributed by atoms with Gasteiger partial charge in [-0.3, -0.25) is 4.98 Å². The van der Waals surface area contributed by atoms with Gasteiger partial charge < -0.3 is 5.32 Å². The summed E-state index contributed by atoms with van der Waals surface area (Å²) in [7, 11) is 0. The van der Waals surface area contributed by atoms with Crippen LogP contribution in [0.1, 0.15) is 36.1 Å². The minimum absolute atomic E-state index is 0.0610. The Kier molecular flexibility index (Phi) is 4.58. The van der Waals surface area contributed by atoms with Crippen molar-refractivity contribution in [2.75, 3.05) is 0 Å². The van der Waals surface area contributed by atoms with E-state index in [2.05, 4.69) is 17.2 Å². The Labute approximate surface area is 111 Å². The second kappa shape index (κ2) is 6.38. The fourth-order valence-electron chi connectivity index (χ4n) is 1.82. The van der Waals surface area contributed by atoms with Crippen LogP contribution in [0.25, 0.3) is 0 Å². The zero-order chi connectivity index (χ0) is 13.7. The van der Waals surface area contributed by atoms with Gasteiger partial charge >= 0.3 is 0 Å². The summed E-state index contributed by atoms with van der Waals surface area (Å²) in [4.78, 5) is 3.97. The number of hydrogen-bond acceptors (Lipinski definition) is 2. The SMILES string of the molecule is CC(NCc1ccc(C(F)F)cc1)c1ccncc1. The van der Waals surface area contributed by atoms with Crippen molar-refractivity contribution >= 4 is 0 Å². The Hall–Kier alpha value is -1.81. The molecular formula is C15H16F2N2. The van der Waals surface area contributed by atoms with Gasteiger partial charge in [-0.15, -0.1) is 0 Å². The Morgan fingerprint density at radius 3 is 2.21 bits per heavy atom. The Bertz CT molecular complexity index is 497. The molecule has 0 radical (unpaired) electrons. The fourth-order valence-corrected chi connectivity index (χ4v) is 1.82. The van der Waals surface area contributed by atoms with Crippen LogP contribution in [-0.2, 0) is 6.54 Å². The van der Waals surface area contributed by atoms with Crippen LogP contribution < -0.4 is 5.32 Å². The van der Waals surface area contributed by atoms with Gasteiger partial charge in [0.15, 0.2) is 0 Å². The highest BCUT2D eigenvalue weighted by molar-refractivity contribution is 5.23. The molecule has 2 nitrogen and oxygen atoms in total. The predicted octanol–water partition coefficient (Wildman–Crippen LogP) is 3.87. The number of nitrogens with one attached hydrogen (secondary N) is 1. The number of alkyl halides is 2. The highest BCUT2D eigenvalue weighted by Crippen LogP contribution is 2.19. The van der Waals surface area contributed by atoms with E-state index in [0.29, 0.717) is 6.54 Å². The maximum absolute atomic E-state index is 12.4. The van der Waals surface area contributed by atoms with E-state index < -0.39 is 6.43 Å². The summed E-state index contributed by atoms with van der Waals surface area (Å²) in [6, 6.07) is 10.5. The van der Waals surface area contributed by atoms with E-state index in [0.717, 1.165) is 11.1 Å². The van der Waals surface area contributed by atoms with Gasteiger partial charge in [0, 0.05) is 30.5 Å². The predicted molar refractivity (Wildman–Crippen MR) is 70.9 cm³/mol. The summed E-state index contributed by atoms with van der Waals surface area (Å²) >= 11 is 0. The van der Waals surface area contributed by atoms with Crippen molar-refractivity contribution in [3.05, 3.63) is 65.5 Å². The summed E-state index contributed by atoms with van der Waals surface area (Å²) in [6.45, 7) is 2.70. The van der Waals surface area contributed by atoms with Crippen LogP contribution in [0.3, 0.4) is 0 Å². The van der Waals surface area contributed by atoms with Crippen molar-refractivity contribution in [2.24, 2.45) is 0 Å². The van der Waals surface area contributed by atoms with E-state index in [4.69, 9.17) is 0 Å². The lowest BCUT2D eigenvalue weighted by Crippen LogP contribution is -2.18. The zero-order valence-electron chi connectivity index (χ0n) is 10.7. The molecule has 1 atom stereocenters. The lowest BCUT2D eigenvalue weighted by atomic mass is 10.1. The molecule has 1 N–H and O–H groups in total. The van der Waals surface area contributed by atoms with Crippen LogP contribution in [0, 0.1) is 0 Å². The highest BCUT2D eigenvalue weighted by atomic mass is 19.3. The summed E-state index contributed by atoms with van der Waals surface area (Å²) < 4.78 is 24.8. The van der Waals surface area contributed by atoms with Gasteiger partial charge in [-0.2, -0.15) is 0 Å². The number of pyridine rings is 1. The number of halogens is 2. The molecule has 1 unspecified atom stereocenters. The summed E-state index contributed by atoms with van der Waals surface area (Å²) in [5.41, 5.74) is 2.20. The van der Waals surface area contributed by atoms with E-state index in [1.54, 1.807) is 24.5 Å². The maximum atomic E-state index is 12.4. The maximum Gasteiger partial charge on any atom is 0.263 e. The van der Waals surface area contributed by atoms with Crippen molar-refractivity contribution < 1.29 is 8.78 Å². The molecule has 0 saturated carbocycles. The first-order chi connectivity index (χ1) is 9.16. The number of benzene rings is 1. The Morgan fingerprint density at radius 1 is 1.00 bits per heavy atom. The van der Waals surface area contributed by atoms with Crippen LogP contribution in [0.2, 0.25) is 0 Å². The van der Waals surface area contributed by atoms with Crippen LogP contribution in [-0.4, -0.2) is 4.98 Å². The monoisotopic (exact) mass is 262 g/mol. The smallest absolute Gasteiger partial charge is 0.263 e. The van der Waals surface area contributed by atoms with Crippen LogP contribution >= 0.6 is 0 Å². The Morgan fingerprint density at radius 2 is 1.63 bits per heavy atom. The van der Waals surface area contributed by atoms with Gasteiger partial charge in [0.1, 0.15) is 0 Å². The number of nitrogens with zero attached hydrogens (tertiary/aromatic N) is 1. The molecule has 0 aliphatic carbocycles. The average Bonchev–Trinajstić information content (AvgIpc) is 2.46.